The zero-order valence-corrected chi connectivity index (χ0v) is 15.3. The average molecular weight is 309 g/mol. The standard InChI is InChI=1S/C20H40N2/c1-3-4-5-6-7-8-9-16-20(21-2)22-17-12-14-18-13-10-11-15-19(18)22/h18-21H,3-17H2,1-2H3. The van der Waals surface area contributed by atoms with E-state index < -0.39 is 0 Å². The summed E-state index contributed by atoms with van der Waals surface area (Å²) in [6.45, 7) is 3.64. The Morgan fingerprint density at radius 2 is 1.59 bits per heavy atom. The maximum absolute atomic E-state index is 3.64. The van der Waals surface area contributed by atoms with Crippen molar-refractivity contribution in [3.05, 3.63) is 0 Å². The first-order valence-electron chi connectivity index (χ1n) is 10.3. The minimum absolute atomic E-state index is 0.640. The summed E-state index contributed by atoms with van der Waals surface area (Å²) in [6, 6.07) is 0.893. The summed E-state index contributed by atoms with van der Waals surface area (Å²) in [7, 11) is 2.18. The molecule has 0 radical (unpaired) electrons. The normalized spacial score (nSPS) is 27.5. The van der Waals surface area contributed by atoms with Crippen molar-refractivity contribution in [3.63, 3.8) is 0 Å². The van der Waals surface area contributed by atoms with Crippen molar-refractivity contribution in [2.75, 3.05) is 13.6 Å². The van der Waals surface area contributed by atoms with Gasteiger partial charge in [0.2, 0.25) is 0 Å². The fourth-order valence-corrected chi connectivity index (χ4v) is 4.82. The first kappa shape index (κ1) is 18.3. The molecule has 2 fully saturated rings. The molecule has 1 saturated heterocycles. The first-order chi connectivity index (χ1) is 10.9. The van der Waals surface area contributed by atoms with Crippen LogP contribution in [-0.2, 0) is 0 Å². The van der Waals surface area contributed by atoms with E-state index in [4.69, 9.17) is 0 Å². The van der Waals surface area contributed by atoms with E-state index in [1.165, 1.54) is 96.4 Å². The van der Waals surface area contributed by atoms with Crippen molar-refractivity contribution < 1.29 is 0 Å². The number of rotatable bonds is 10. The molecule has 3 atom stereocenters. The number of unbranched alkanes of at least 4 members (excludes halogenated alkanes) is 6. The third-order valence-corrected chi connectivity index (χ3v) is 6.10. The van der Waals surface area contributed by atoms with Crippen LogP contribution < -0.4 is 5.32 Å². The van der Waals surface area contributed by atoms with Gasteiger partial charge in [-0.05, 0) is 51.6 Å². The Labute approximate surface area is 139 Å². The van der Waals surface area contributed by atoms with Gasteiger partial charge in [0.1, 0.15) is 0 Å². The van der Waals surface area contributed by atoms with E-state index in [0.717, 1.165) is 12.0 Å². The molecule has 0 aromatic rings. The van der Waals surface area contributed by atoms with Crippen molar-refractivity contribution in [2.24, 2.45) is 5.92 Å². The molecule has 1 saturated carbocycles. The van der Waals surface area contributed by atoms with Gasteiger partial charge in [-0.1, -0.05) is 64.7 Å². The van der Waals surface area contributed by atoms with E-state index in [2.05, 4.69) is 24.2 Å². The van der Waals surface area contributed by atoms with Gasteiger partial charge in [-0.15, -0.1) is 0 Å². The highest BCUT2D eigenvalue weighted by atomic mass is 15.3. The van der Waals surface area contributed by atoms with E-state index in [-0.39, 0.29) is 0 Å². The van der Waals surface area contributed by atoms with Crippen molar-refractivity contribution in [1.29, 1.82) is 0 Å². The van der Waals surface area contributed by atoms with Crippen molar-refractivity contribution >= 4 is 0 Å². The zero-order valence-electron chi connectivity index (χ0n) is 15.3. The minimum Gasteiger partial charge on any atom is -0.305 e. The Bertz CT molecular complexity index is 277. The van der Waals surface area contributed by atoms with Crippen LogP contribution in [0.25, 0.3) is 0 Å². The maximum atomic E-state index is 3.64. The van der Waals surface area contributed by atoms with Gasteiger partial charge in [-0.3, -0.25) is 4.90 Å². The highest BCUT2D eigenvalue weighted by Crippen LogP contribution is 2.36. The van der Waals surface area contributed by atoms with E-state index >= 15 is 0 Å². The summed E-state index contributed by atoms with van der Waals surface area (Å²) in [5.74, 6) is 1.01. The fraction of sp³-hybridized carbons (Fsp3) is 1.00. The van der Waals surface area contributed by atoms with Gasteiger partial charge in [0, 0.05) is 6.04 Å². The number of likely N-dealkylation sites (tertiary alicyclic amines) is 1. The summed E-state index contributed by atoms with van der Waals surface area (Å²) in [5.41, 5.74) is 0. The van der Waals surface area contributed by atoms with Crippen molar-refractivity contribution in [1.82, 2.24) is 10.2 Å². The summed E-state index contributed by atoms with van der Waals surface area (Å²) in [4.78, 5) is 2.85. The molecule has 0 aromatic carbocycles. The second kappa shape index (κ2) is 10.6. The Kier molecular flexibility index (Phi) is 8.84. The van der Waals surface area contributed by atoms with Crippen LogP contribution in [0, 0.1) is 5.92 Å². The highest BCUT2D eigenvalue weighted by Gasteiger charge is 2.35. The average Bonchev–Trinajstić information content (AvgIpc) is 2.57. The van der Waals surface area contributed by atoms with Crippen LogP contribution in [0.4, 0.5) is 0 Å². The largest absolute Gasteiger partial charge is 0.305 e. The first-order valence-corrected chi connectivity index (χ1v) is 10.3. The molecule has 0 bridgehead atoms. The zero-order chi connectivity index (χ0) is 15.6. The van der Waals surface area contributed by atoms with Crippen LogP contribution in [0.1, 0.15) is 96.8 Å². The molecule has 130 valence electrons. The molecule has 2 aliphatic rings. The Balaban J connectivity index is 1.68. The van der Waals surface area contributed by atoms with Crippen LogP contribution in [-0.4, -0.2) is 30.7 Å². The van der Waals surface area contributed by atoms with Gasteiger partial charge < -0.3 is 5.32 Å². The van der Waals surface area contributed by atoms with E-state index in [9.17, 15) is 0 Å². The lowest BCUT2D eigenvalue weighted by Gasteiger charge is -2.47. The molecule has 0 spiro atoms. The third-order valence-electron chi connectivity index (χ3n) is 6.10. The summed E-state index contributed by atoms with van der Waals surface area (Å²) in [6.07, 6.45) is 20.8. The van der Waals surface area contributed by atoms with Crippen LogP contribution in [0.5, 0.6) is 0 Å². The summed E-state index contributed by atoms with van der Waals surface area (Å²) in [5, 5.41) is 3.64. The van der Waals surface area contributed by atoms with Crippen molar-refractivity contribution in [3.8, 4) is 0 Å². The molecule has 1 N–H and O–H groups in total. The molecule has 2 heteroatoms. The van der Waals surface area contributed by atoms with Crippen LogP contribution in [0.2, 0.25) is 0 Å². The van der Waals surface area contributed by atoms with Gasteiger partial charge in [0.25, 0.3) is 0 Å². The lowest BCUT2D eigenvalue weighted by Crippen LogP contribution is -2.55. The smallest absolute Gasteiger partial charge is 0.0597 e. The quantitative estimate of drug-likeness (QED) is 0.549. The molecule has 0 aromatic heterocycles. The number of piperidine rings is 1. The fourth-order valence-electron chi connectivity index (χ4n) is 4.82. The van der Waals surface area contributed by atoms with Crippen LogP contribution >= 0.6 is 0 Å². The Hall–Kier alpha value is -0.0800. The van der Waals surface area contributed by atoms with Crippen LogP contribution in [0.3, 0.4) is 0 Å². The monoisotopic (exact) mass is 308 g/mol. The molecular formula is C20H40N2. The number of hydrogen-bond acceptors (Lipinski definition) is 2. The molecule has 3 unspecified atom stereocenters. The number of hydrogen-bond donors (Lipinski definition) is 1. The summed E-state index contributed by atoms with van der Waals surface area (Å²) >= 11 is 0. The van der Waals surface area contributed by atoms with Gasteiger partial charge in [0.15, 0.2) is 0 Å². The Morgan fingerprint density at radius 1 is 0.909 bits per heavy atom. The molecule has 1 aliphatic heterocycles. The minimum atomic E-state index is 0.640. The van der Waals surface area contributed by atoms with E-state index in [1.54, 1.807) is 0 Å². The third kappa shape index (κ3) is 5.53. The lowest BCUT2D eigenvalue weighted by molar-refractivity contribution is 0.0125. The predicted octanol–water partition coefficient (Wildman–Crippen LogP) is 5.33. The second-order valence-electron chi connectivity index (χ2n) is 7.71. The van der Waals surface area contributed by atoms with Crippen molar-refractivity contribution in [2.45, 2.75) is 109 Å². The lowest BCUT2D eigenvalue weighted by atomic mass is 9.78. The molecule has 1 heterocycles. The number of nitrogens with zero attached hydrogens (tertiary/aromatic N) is 1. The van der Waals surface area contributed by atoms with E-state index in [1.807, 2.05) is 0 Å². The summed E-state index contributed by atoms with van der Waals surface area (Å²) < 4.78 is 0. The van der Waals surface area contributed by atoms with Gasteiger partial charge in [-0.2, -0.15) is 0 Å². The number of nitrogens with one attached hydrogen (secondary N) is 1. The highest BCUT2D eigenvalue weighted by molar-refractivity contribution is 4.89. The molecule has 0 amide bonds. The van der Waals surface area contributed by atoms with Gasteiger partial charge in [-0.25, -0.2) is 0 Å². The molecule has 22 heavy (non-hydrogen) atoms. The molecule has 2 nitrogen and oxygen atoms in total. The van der Waals surface area contributed by atoms with E-state index in [0.29, 0.717) is 6.17 Å². The molecule has 2 rings (SSSR count). The predicted molar refractivity (Wildman–Crippen MR) is 97.1 cm³/mol. The maximum Gasteiger partial charge on any atom is 0.0597 e. The SMILES string of the molecule is CCCCCCCCCC(NC)N1CCCC2CCCCC21. The van der Waals surface area contributed by atoms with Crippen LogP contribution in [0.15, 0.2) is 0 Å². The second-order valence-corrected chi connectivity index (χ2v) is 7.71. The molecule has 1 aliphatic carbocycles. The van der Waals surface area contributed by atoms with Gasteiger partial charge >= 0.3 is 0 Å². The Morgan fingerprint density at radius 3 is 2.36 bits per heavy atom. The number of fused-ring (bicyclic) bond motifs is 1. The molecular weight excluding hydrogens is 268 g/mol. The topological polar surface area (TPSA) is 15.3 Å². The van der Waals surface area contributed by atoms with Gasteiger partial charge in [0.05, 0.1) is 6.17 Å².